The molecule has 0 spiro atoms. The third-order valence-corrected chi connectivity index (χ3v) is 5.66. The number of aryl methyl sites for hydroxylation is 1. The minimum atomic E-state index is -0.379. The number of thioether (sulfide) groups is 1. The third kappa shape index (κ3) is 3.82. The smallest absolute Gasteiger partial charge is 0.297 e. The van der Waals surface area contributed by atoms with Crippen LogP contribution in [-0.4, -0.2) is 21.2 Å². The second kappa shape index (κ2) is 8.31. The van der Waals surface area contributed by atoms with Crippen molar-refractivity contribution in [2.45, 2.75) is 32.0 Å². The van der Waals surface area contributed by atoms with E-state index in [1.54, 1.807) is 25.1 Å². The lowest BCUT2D eigenvalue weighted by Crippen LogP contribution is -2.23. The Bertz CT molecular complexity index is 1310. The minimum absolute atomic E-state index is 0.0347. The van der Waals surface area contributed by atoms with Crippen LogP contribution in [0.5, 0.6) is 0 Å². The van der Waals surface area contributed by atoms with Gasteiger partial charge in [0.15, 0.2) is 5.16 Å². The van der Waals surface area contributed by atoms with Crippen molar-refractivity contribution in [1.82, 2.24) is 9.55 Å². The summed E-state index contributed by atoms with van der Waals surface area (Å²) in [7, 11) is 0. The van der Waals surface area contributed by atoms with Gasteiger partial charge in [-0.2, -0.15) is 0 Å². The Balaban J connectivity index is 1.63. The number of benzene rings is 2. The summed E-state index contributed by atoms with van der Waals surface area (Å²) in [6.45, 7) is 4.08. The van der Waals surface area contributed by atoms with Gasteiger partial charge in [-0.05, 0) is 43.2 Å². The summed E-state index contributed by atoms with van der Waals surface area (Å²) < 4.78 is 21.0. The van der Waals surface area contributed by atoms with E-state index >= 15 is 0 Å². The van der Waals surface area contributed by atoms with Crippen molar-refractivity contribution in [3.8, 4) is 0 Å². The number of carbonyl (C=O) groups is 1. The van der Waals surface area contributed by atoms with Crippen LogP contribution in [0.1, 0.15) is 18.9 Å². The molecule has 0 bridgehead atoms. The molecule has 8 heteroatoms. The van der Waals surface area contributed by atoms with Crippen molar-refractivity contribution in [2.24, 2.45) is 0 Å². The number of aromatic nitrogens is 2. The van der Waals surface area contributed by atoms with Gasteiger partial charge in [0.2, 0.25) is 11.5 Å². The maximum Gasteiger partial charge on any atom is 0.297 e. The van der Waals surface area contributed by atoms with Gasteiger partial charge in [0.25, 0.3) is 5.56 Å². The first-order valence-electron chi connectivity index (χ1n) is 9.58. The van der Waals surface area contributed by atoms with E-state index in [9.17, 15) is 14.0 Å². The second-order valence-electron chi connectivity index (χ2n) is 6.93. The lowest BCUT2D eigenvalue weighted by molar-refractivity contribution is -0.113. The zero-order chi connectivity index (χ0) is 21.3. The molecule has 0 aliphatic heterocycles. The van der Waals surface area contributed by atoms with E-state index in [4.69, 9.17) is 4.42 Å². The molecule has 0 aliphatic carbocycles. The Kier molecular flexibility index (Phi) is 5.59. The van der Waals surface area contributed by atoms with Crippen LogP contribution in [0.25, 0.3) is 22.1 Å². The number of carbonyl (C=O) groups excluding carboxylic acids is 1. The van der Waals surface area contributed by atoms with E-state index in [1.165, 1.54) is 22.4 Å². The zero-order valence-corrected chi connectivity index (χ0v) is 17.4. The van der Waals surface area contributed by atoms with E-state index in [0.717, 1.165) is 11.8 Å². The Hall–Kier alpha value is -3.13. The van der Waals surface area contributed by atoms with Crippen LogP contribution in [0, 0.1) is 12.7 Å². The molecule has 0 unspecified atom stereocenters. The fourth-order valence-electron chi connectivity index (χ4n) is 3.18. The number of nitrogens with one attached hydrogen (secondary N) is 1. The highest BCUT2D eigenvalue weighted by atomic mass is 32.2. The van der Waals surface area contributed by atoms with Crippen molar-refractivity contribution >= 4 is 45.4 Å². The third-order valence-electron chi connectivity index (χ3n) is 4.68. The number of nitrogens with zero attached hydrogens (tertiary/aromatic N) is 2. The van der Waals surface area contributed by atoms with Gasteiger partial charge in [0.05, 0.1) is 5.75 Å². The number of halogens is 1. The molecular weight excluding hydrogens is 405 g/mol. The maximum absolute atomic E-state index is 13.7. The Morgan fingerprint density at radius 2 is 2.07 bits per heavy atom. The topological polar surface area (TPSA) is 77.1 Å². The summed E-state index contributed by atoms with van der Waals surface area (Å²) in [5, 5.41) is 3.88. The highest BCUT2D eigenvalue weighted by Crippen LogP contribution is 2.27. The molecule has 1 amide bonds. The number of amides is 1. The summed E-state index contributed by atoms with van der Waals surface area (Å²) in [6.07, 6.45) is 0.732. The number of rotatable bonds is 6. The zero-order valence-electron chi connectivity index (χ0n) is 16.6. The van der Waals surface area contributed by atoms with Crippen LogP contribution in [0.15, 0.2) is 56.8 Å². The lowest BCUT2D eigenvalue weighted by atomic mass is 10.2. The summed E-state index contributed by atoms with van der Waals surface area (Å²) in [6, 6.07) is 11.9. The van der Waals surface area contributed by atoms with Gasteiger partial charge in [-0.15, -0.1) is 0 Å². The molecule has 0 aliphatic rings. The van der Waals surface area contributed by atoms with Gasteiger partial charge in [-0.25, -0.2) is 9.37 Å². The first-order valence-corrected chi connectivity index (χ1v) is 10.6. The van der Waals surface area contributed by atoms with E-state index in [2.05, 4.69) is 10.3 Å². The van der Waals surface area contributed by atoms with Gasteiger partial charge >= 0.3 is 0 Å². The predicted octanol–water partition coefficient (Wildman–Crippen LogP) is 4.73. The number of fused-ring (bicyclic) bond motifs is 3. The van der Waals surface area contributed by atoms with Gasteiger partial charge in [0.1, 0.15) is 16.9 Å². The maximum atomic E-state index is 13.7. The predicted molar refractivity (Wildman–Crippen MR) is 117 cm³/mol. The lowest BCUT2D eigenvalue weighted by Gasteiger charge is -2.11. The Morgan fingerprint density at radius 3 is 2.83 bits per heavy atom. The highest BCUT2D eigenvalue weighted by Gasteiger charge is 2.18. The van der Waals surface area contributed by atoms with E-state index in [-0.39, 0.29) is 28.6 Å². The number of anilines is 1. The van der Waals surface area contributed by atoms with Crippen LogP contribution in [0.3, 0.4) is 0 Å². The van der Waals surface area contributed by atoms with Crippen molar-refractivity contribution in [3.63, 3.8) is 0 Å². The fraction of sp³-hybridized carbons (Fsp3) is 0.227. The largest absolute Gasteiger partial charge is 0.448 e. The molecule has 30 heavy (non-hydrogen) atoms. The number of hydrogen-bond donors (Lipinski definition) is 1. The summed E-state index contributed by atoms with van der Waals surface area (Å²) in [4.78, 5) is 30.0. The standard InChI is InChI=1S/C22H20FN3O3S/c1-3-10-26-21(28)20-19(15-6-4-5-7-17(15)29-20)25-22(26)30-12-18(27)24-14-9-8-13(2)16(23)11-14/h4-9,11H,3,10,12H2,1-2H3,(H,24,27). The van der Waals surface area contributed by atoms with Crippen molar-refractivity contribution in [1.29, 1.82) is 0 Å². The normalized spacial score (nSPS) is 11.3. The van der Waals surface area contributed by atoms with Gasteiger partial charge in [-0.3, -0.25) is 14.2 Å². The fourth-order valence-corrected chi connectivity index (χ4v) is 4.00. The summed E-state index contributed by atoms with van der Waals surface area (Å²) >= 11 is 1.17. The first-order chi connectivity index (χ1) is 14.5. The van der Waals surface area contributed by atoms with Crippen LogP contribution in [-0.2, 0) is 11.3 Å². The van der Waals surface area contributed by atoms with Gasteiger partial charge in [-0.1, -0.05) is 36.9 Å². The molecule has 1 N–H and O–H groups in total. The van der Waals surface area contributed by atoms with Crippen LogP contribution < -0.4 is 10.9 Å². The molecule has 0 radical (unpaired) electrons. The molecule has 2 heterocycles. The van der Waals surface area contributed by atoms with E-state index in [1.807, 2.05) is 25.1 Å². The van der Waals surface area contributed by atoms with Crippen molar-refractivity contribution < 1.29 is 13.6 Å². The summed E-state index contributed by atoms with van der Waals surface area (Å²) in [5.74, 6) is -0.652. The number of para-hydroxylation sites is 1. The highest BCUT2D eigenvalue weighted by molar-refractivity contribution is 7.99. The van der Waals surface area contributed by atoms with Gasteiger partial charge in [0, 0.05) is 17.6 Å². The first kappa shape index (κ1) is 20.2. The van der Waals surface area contributed by atoms with Gasteiger partial charge < -0.3 is 9.73 Å². The Labute approximate surface area is 176 Å². The summed E-state index contributed by atoms with van der Waals surface area (Å²) in [5.41, 5.74) is 1.94. The quantitative estimate of drug-likeness (QED) is 0.357. The number of furan rings is 1. The monoisotopic (exact) mass is 425 g/mol. The van der Waals surface area contributed by atoms with Crippen molar-refractivity contribution in [2.75, 3.05) is 11.1 Å². The molecule has 4 aromatic rings. The Morgan fingerprint density at radius 1 is 1.27 bits per heavy atom. The van der Waals surface area contributed by atoms with E-state index in [0.29, 0.717) is 34.1 Å². The second-order valence-corrected chi connectivity index (χ2v) is 7.87. The average molecular weight is 425 g/mol. The molecule has 4 rings (SSSR count). The minimum Gasteiger partial charge on any atom is -0.448 e. The van der Waals surface area contributed by atoms with E-state index < -0.39 is 0 Å². The molecule has 0 saturated carbocycles. The van der Waals surface area contributed by atoms with Crippen LogP contribution in [0.2, 0.25) is 0 Å². The average Bonchev–Trinajstić information content (AvgIpc) is 3.10. The molecule has 154 valence electrons. The molecule has 0 saturated heterocycles. The molecule has 0 fully saturated rings. The van der Waals surface area contributed by atoms with Crippen LogP contribution >= 0.6 is 11.8 Å². The SMILES string of the molecule is CCCn1c(SCC(=O)Nc2ccc(C)c(F)c2)nc2c(oc3ccccc32)c1=O. The molecule has 2 aromatic carbocycles. The number of hydrogen-bond acceptors (Lipinski definition) is 5. The molecule has 2 aromatic heterocycles. The van der Waals surface area contributed by atoms with Crippen LogP contribution in [0.4, 0.5) is 10.1 Å². The molecule has 6 nitrogen and oxygen atoms in total. The molecular formula is C22H20FN3O3S. The molecule has 0 atom stereocenters. The van der Waals surface area contributed by atoms with Crippen molar-refractivity contribution in [3.05, 3.63) is 64.2 Å².